The summed E-state index contributed by atoms with van der Waals surface area (Å²) in [5.74, 6) is 0.397. The lowest BCUT2D eigenvalue weighted by molar-refractivity contribution is -0.712. The second-order valence-electron chi connectivity index (χ2n) is 7.09. The first-order valence-corrected chi connectivity index (χ1v) is 11.4. The fourth-order valence-corrected chi connectivity index (χ4v) is 3.29. The fraction of sp³-hybridized carbons (Fsp3) is 0.143. The van der Waals surface area contributed by atoms with Crippen molar-refractivity contribution in [2.45, 2.75) is 19.8 Å². The number of hydrogen-bond acceptors (Lipinski definition) is 9. The topological polar surface area (TPSA) is 161 Å². The van der Waals surface area contributed by atoms with Crippen molar-refractivity contribution in [2.75, 3.05) is 5.73 Å². The Morgan fingerprint density at radius 2 is 2.09 bits per heavy atom. The predicted octanol–water partition coefficient (Wildman–Crippen LogP) is 1.74. The van der Waals surface area contributed by atoms with Gasteiger partial charge in [0, 0.05) is 30.9 Å². The summed E-state index contributed by atoms with van der Waals surface area (Å²) < 4.78 is 41.0. The summed E-state index contributed by atoms with van der Waals surface area (Å²) in [6.45, 7) is -0.537. The van der Waals surface area contributed by atoms with E-state index in [4.69, 9.17) is 19.9 Å². The lowest BCUT2D eigenvalue weighted by Crippen LogP contribution is -2.38. The second-order valence-corrected chi connectivity index (χ2v) is 8.28. The van der Waals surface area contributed by atoms with Gasteiger partial charge in [-0.15, -0.1) is 0 Å². The van der Waals surface area contributed by atoms with E-state index in [1.54, 1.807) is 36.5 Å². The molecule has 4 rings (SSSR count). The van der Waals surface area contributed by atoms with Crippen LogP contribution in [-0.2, 0) is 28.8 Å². The Hall–Kier alpha value is -3.70. The molecule has 0 saturated carbocycles. The maximum Gasteiger partial charge on any atom is 0.285 e. The highest BCUT2D eigenvalue weighted by atomic mass is 31.2. The molecule has 0 spiro atoms. The quantitative estimate of drug-likeness (QED) is 0.263. The lowest BCUT2D eigenvalue weighted by atomic mass is 10.1. The highest BCUT2D eigenvalue weighted by Crippen LogP contribution is 2.30. The average Bonchev–Trinajstić information content (AvgIpc) is 3.26. The zero-order chi connectivity index (χ0) is 24.1. The Morgan fingerprint density at radius 3 is 2.82 bits per heavy atom. The van der Waals surface area contributed by atoms with E-state index < -0.39 is 20.4 Å². The molecule has 0 radical (unpaired) electrons. The van der Waals surface area contributed by atoms with Gasteiger partial charge in [-0.05, 0) is 29.8 Å². The maximum atomic E-state index is 13.6. The van der Waals surface area contributed by atoms with E-state index in [2.05, 4.69) is 19.6 Å². The summed E-state index contributed by atoms with van der Waals surface area (Å²) in [7, 11) is -4.90. The van der Waals surface area contributed by atoms with Crippen LogP contribution in [0.25, 0.3) is 11.3 Å². The Morgan fingerprint density at radius 1 is 1.24 bits per heavy atom. The summed E-state index contributed by atoms with van der Waals surface area (Å²) >= 11 is 0. The van der Waals surface area contributed by atoms with Gasteiger partial charge in [-0.3, -0.25) is 19.8 Å². The van der Waals surface area contributed by atoms with Gasteiger partial charge in [-0.25, -0.2) is 13.9 Å². The van der Waals surface area contributed by atoms with Crippen LogP contribution in [0, 0.1) is 5.82 Å². The van der Waals surface area contributed by atoms with Gasteiger partial charge < -0.3 is 19.0 Å². The number of nitrogens with zero attached hydrogens (tertiary/aromatic N) is 4. The molecule has 0 aromatic carbocycles. The number of pyridine rings is 3. The standard InChI is InChI=1S/C21H19FN5O6P/c22-17-4-1-7-24-18(17)12-31-20-6-5-14(11-25-20)9-15-10-19(33-26-15)16-3-2-8-27(21(16)23)13-32-34(28,29)30/h1-8,10-11,23H,9,12-13H2,(H2,28,29,30). The van der Waals surface area contributed by atoms with Crippen molar-refractivity contribution >= 4 is 13.6 Å². The molecule has 1 atom stereocenters. The Balaban J connectivity index is 1.40. The van der Waals surface area contributed by atoms with E-state index in [9.17, 15) is 13.8 Å². The number of anilines is 1. The summed E-state index contributed by atoms with van der Waals surface area (Å²) in [5.41, 5.74) is 8.16. The molecule has 11 nitrogen and oxygen atoms in total. The molecule has 0 amide bonds. The van der Waals surface area contributed by atoms with Crippen molar-refractivity contribution in [3.63, 3.8) is 0 Å². The number of nitrogen functional groups attached to an aromatic ring is 1. The van der Waals surface area contributed by atoms with Crippen molar-refractivity contribution in [1.29, 1.82) is 0 Å². The molecule has 0 saturated heterocycles. The average molecular weight is 487 g/mol. The van der Waals surface area contributed by atoms with Crippen LogP contribution in [-0.4, -0.2) is 20.0 Å². The van der Waals surface area contributed by atoms with E-state index in [-0.39, 0.29) is 18.1 Å². The largest absolute Gasteiger partial charge is 0.756 e. The molecule has 0 aliphatic carbocycles. The molecule has 13 heteroatoms. The molecule has 34 heavy (non-hydrogen) atoms. The van der Waals surface area contributed by atoms with Gasteiger partial charge >= 0.3 is 0 Å². The third-order valence-corrected chi connectivity index (χ3v) is 5.11. The molecule has 4 aromatic rings. The predicted molar refractivity (Wildman–Crippen MR) is 113 cm³/mol. The van der Waals surface area contributed by atoms with Gasteiger partial charge in [0.2, 0.25) is 5.88 Å². The Kier molecular flexibility index (Phi) is 6.94. The van der Waals surface area contributed by atoms with Gasteiger partial charge in [0.25, 0.3) is 13.6 Å². The van der Waals surface area contributed by atoms with Crippen molar-refractivity contribution in [1.82, 2.24) is 15.1 Å². The van der Waals surface area contributed by atoms with Crippen LogP contribution in [0.3, 0.4) is 0 Å². The number of aromatic nitrogens is 4. The summed E-state index contributed by atoms with van der Waals surface area (Å²) in [6.07, 6.45) is 4.99. The number of rotatable bonds is 9. The SMILES string of the molecule is Nc1c(-c2cc(Cc3ccc(OCc4ncccc4F)nc3)no2)ccc[n+]1COP(=O)([O-])O. The van der Waals surface area contributed by atoms with Gasteiger partial charge in [-0.1, -0.05) is 11.2 Å². The first-order valence-electron chi connectivity index (χ1n) is 9.88. The van der Waals surface area contributed by atoms with Gasteiger partial charge in [0.05, 0.1) is 11.9 Å². The van der Waals surface area contributed by atoms with Crippen LogP contribution >= 0.6 is 7.82 Å². The third kappa shape index (κ3) is 6.00. The van der Waals surface area contributed by atoms with Crippen LogP contribution in [0.15, 0.2) is 65.6 Å². The lowest BCUT2D eigenvalue weighted by Gasteiger charge is -2.14. The minimum atomic E-state index is -4.90. The van der Waals surface area contributed by atoms with E-state index in [1.807, 2.05) is 0 Å². The third-order valence-electron chi connectivity index (χ3n) is 4.67. The van der Waals surface area contributed by atoms with Crippen LogP contribution in [0.4, 0.5) is 10.2 Å². The monoisotopic (exact) mass is 487 g/mol. The fourth-order valence-electron chi connectivity index (χ4n) is 3.02. The molecular weight excluding hydrogens is 468 g/mol. The van der Waals surface area contributed by atoms with Crippen LogP contribution in [0.5, 0.6) is 5.88 Å². The van der Waals surface area contributed by atoms with E-state index in [1.165, 1.54) is 29.1 Å². The van der Waals surface area contributed by atoms with E-state index in [0.717, 1.165) is 5.56 Å². The van der Waals surface area contributed by atoms with Crippen molar-refractivity contribution < 1.29 is 37.1 Å². The molecule has 0 bridgehead atoms. The van der Waals surface area contributed by atoms with E-state index >= 15 is 0 Å². The minimum Gasteiger partial charge on any atom is -0.756 e. The Labute approximate surface area is 192 Å². The zero-order valence-electron chi connectivity index (χ0n) is 17.6. The normalized spacial score (nSPS) is 12.9. The summed E-state index contributed by atoms with van der Waals surface area (Å²) in [5, 5.41) is 4.04. The van der Waals surface area contributed by atoms with Crippen molar-refractivity contribution in [3.05, 3.63) is 83.8 Å². The van der Waals surface area contributed by atoms with Gasteiger partial charge in [0.15, 0.2) is 12.5 Å². The number of nitrogens with two attached hydrogens (primary N) is 1. The summed E-state index contributed by atoms with van der Waals surface area (Å²) in [6, 6.07) is 11.2. The minimum absolute atomic E-state index is 0.0418. The van der Waals surface area contributed by atoms with Crippen LogP contribution in [0.2, 0.25) is 0 Å². The van der Waals surface area contributed by atoms with Gasteiger partial charge in [-0.2, -0.15) is 0 Å². The first kappa shape index (κ1) is 23.5. The smallest absolute Gasteiger partial charge is 0.285 e. The Bertz CT molecular complexity index is 1330. The van der Waals surface area contributed by atoms with Gasteiger partial charge in [0.1, 0.15) is 23.7 Å². The number of ether oxygens (including phenoxy) is 1. The molecule has 3 N–H and O–H groups in total. The van der Waals surface area contributed by atoms with Crippen molar-refractivity contribution in [3.8, 4) is 17.2 Å². The molecule has 0 fully saturated rings. The molecule has 0 aliphatic heterocycles. The number of phosphoric ester groups is 1. The number of phosphoric acid groups is 1. The number of hydrogen-bond donors (Lipinski definition) is 2. The highest BCUT2D eigenvalue weighted by molar-refractivity contribution is 7.44. The van der Waals surface area contributed by atoms with Crippen LogP contribution < -0.4 is 19.9 Å². The molecule has 4 heterocycles. The number of halogens is 1. The maximum absolute atomic E-state index is 13.6. The molecule has 4 aromatic heterocycles. The summed E-state index contributed by atoms with van der Waals surface area (Å²) in [4.78, 5) is 27.7. The molecule has 0 aliphatic rings. The zero-order valence-corrected chi connectivity index (χ0v) is 18.5. The molecule has 1 unspecified atom stereocenters. The first-order chi connectivity index (χ1) is 16.3. The second kappa shape index (κ2) is 10.1. The molecule has 176 valence electrons. The van der Waals surface area contributed by atoms with Crippen LogP contribution in [0.1, 0.15) is 17.0 Å². The van der Waals surface area contributed by atoms with Crippen molar-refractivity contribution in [2.24, 2.45) is 0 Å². The highest BCUT2D eigenvalue weighted by Gasteiger charge is 2.18. The molecular formula is C21H19FN5O6P. The van der Waals surface area contributed by atoms with E-state index in [0.29, 0.717) is 29.3 Å².